The normalized spacial score (nSPS) is 18.5. The van der Waals surface area contributed by atoms with Crippen molar-refractivity contribution in [1.82, 2.24) is 4.98 Å². The van der Waals surface area contributed by atoms with Crippen LogP contribution in [0.3, 0.4) is 0 Å². The first-order valence-electron chi connectivity index (χ1n) is 7.55. The summed E-state index contributed by atoms with van der Waals surface area (Å²) in [5.74, 6) is 0.366. The van der Waals surface area contributed by atoms with Gasteiger partial charge in [-0.15, -0.1) is 0 Å². The van der Waals surface area contributed by atoms with Crippen molar-refractivity contribution < 1.29 is 0 Å². The Balaban J connectivity index is 1.74. The predicted octanol–water partition coefficient (Wildman–Crippen LogP) is 4.92. The van der Waals surface area contributed by atoms with E-state index < -0.39 is 0 Å². The van der Waals surface area contributed by atoms with Gasteiger partial charge in [0, 0.05) is 22.7 Å². The molecule has 0 spiro atoms. The number of aromatic nitrogens is 1. The first-order chi connectivity index (χ1) is 10.9. The Morgan fingerprint density at radius 3 is 2.73 bits per heavy atom. The highest BCUT2D eigenvalue weighted by Crippen LogP contribution is 2.27. The Kier molecular flexibility index (Phi) is 3.28. The summed E-state index contributed by atoms with van der Waals surface area (Å²) in [7, 11) is 0. The number of allylic oxidation sites excluding steroid dienone is 4. The molecule has 0 amide bonds. The average Bonchev–Trinajstić information content (AvgIpc) is 2.58. The fourth-order valence-electron chi connectivity index (χ4n) is 2.81. The van der Waals surface area contributed by atoms with Gasteiger partial charge in [-0.3, -0.25) is 9.98 Å². The molecule has 2 heteroatoms. The lowest BCUT2D eigenvalue weighted by Crippen LogP contribution is -2.04. The minimum absolute atomic E-state index is 0.366. The van der Waals surface area contributed by atoms with Gasteiger partial charge < -0.3 is 0 Å². The van der Waals surface area contributed by atoms with Crippen LogP contribution in [0.5, 0.6) is 0 Å². The standard InChI is InChI=1S/C20H16N2/c1-2-6-15(7-3-1)19-13-12-17-11-10-16-8-4-5-9-18(16)21-14-20(17)22-19/h1-6,8-15H,7H2. The second-order valence-corrected chi connectivity index (χ2v) is 5.52. The molecular formula is C20H16N2. The van der Waals surface area contributed by atoms with Gasteiger partial charge in [0.05, 0.1) is 17.6 Å². The Labute approximate surface area is 130 Å². The molecule has 2 heterocycles. The van der Waals surface area contributed by atoms with Crippen molar-refractivity contribution >= 4 is 24.1 Å². The van der Waals surface area contributed by atoms with Crippen molar-refractivity contribution in [1.29, 1.82) is 0 Å². The van der Waals surface area contributed by atoms with Crippen LogP contribution in [-0.2, 0) is 0 Å². The highest BCUT2D eigenvalue weighted by molar-refractivity contribution is 5.91. The molecule has 0 saturated carbocycles. The van der Waals surface area contributed by atoms with Gasteiger partial charge in [0.15, 0.2) is 0 Å². The largest absolute Gasteiger partial charge is 0.254 e. The van der Waals surface area contributed by atoms with E-state index in [1.54, 1.807) is 0 Å². The van der Waals surface area contributed by atoms with E-state index in [4.69, 9.17) is 4.98 Å². The van der Waals surface area contributed by atoms with Crippen molar-refractivity contribution in [2.45, 2.75) is 12.3 Å². The third-order valence-corrected chi connectivity index (χ3v) is 4.04. The summed E-state index contributed by atoms with van der Waals surface area (Å²) < 4.78 is 0. The Bertz CT molecular complexity index is 825. The number of hydrogen-bond acceptors (Lipinski definition) is 2. The minimum Gasteiger partial charge on any atom is -0.254 e. The number of pyridine rings is 1. The van der Waals surface area contributed by atoms with Crippen LogP contribution in [0.4, 0.5) is 5.69 Å². The highest BCUT2D eigenvalue weighted by Gasteiger charge is 2.12. The number of fused-ring (bicyclic) bond motifs is 2. The van der Waals surface area contributed by atoms with Crippen LogP contribution in [0.15, 0.2) is 65.7 Å². The fraction of sp³-hybridized carbons (Fsp3) is 0.100. The molecular weight excluding hydrogens is 268 g/mol. The molecule has 2 aromatic rings. The van der Waals surface area contributed by atoms with E-state index in [1.807, 2.05) is 24.4 Å². The molecule has 0 N–H and O–H groups in total. The molecule has 4 rings (SSSR count). The van der Waals surface area contributed by atoms with Crippen LogP contribution >= 0.6 is 0 Å². The summed E-state index contributed by atoms with van der Waals surface area (Å²) in [5, 5.41) is 0. The third-order valence-electron chi connectivity index (χ3n) is 4.04. The molecule has 106 valence electrons. The first kappa shape index (κ1) is 13.0. The number of aliphatic imine (C=N–C) groups is 1. The van der Waals surface area contributed by atoms with Crippen molar-refractivity contribution in [2.24, 2.45) is 4.99 Å². The molecule has 2 aliphatic rings. The van der Waals surface area contributed by atoms with Crippen LogP contribution < -0.4 is 0 Å². The van der Waals surface area contributed by atoms with E-state index in [0.29, 0.717) is 5.92 Å². The van der Waals surface area contributed by atoms with Gasteiger partial charge in [0.1, 0.15) is 0 Å². The SMILES string of the molecule is C1=CCC(c2ccc3c(n2)C=Nc2ccccc2C=C3)C=C1. The maximum Gasteiger partial charge on any atom is 0.0888 e. The number of hydrogen-bond donors (Lipinski definition) is 0. The summed E-state index contributed by atoms with van der Waals surface area (Å²) in [6, 6.07) is 12.4. The van der Waals surface area contributed by atoms with Crippen molar-refractivity contribution in [2.75, 3.05) is 0 Å². The van der Waals surface area contributed by atoms with E-state index in [-0.39, 0.29) is 0 Å². The smallest absolute Gasteiger partial charge is 0.0888 e. The lowest BCUT2D eigenvalue weighted by atomic mass is 9.96. The van der Waals surface area contributed by atoms with E-state index in [2.05, 4.69) is 59.6 Å². The van der Waals surface area contributed by atoms with Crippen molar-refractivity contribution in [3.05, 3.63) is 83.2 Å². The highest BCUT2D eigenvalue weighted by atomic mass is 14.8. The molecule has 1 aromatic heterocycles. The van der Waals surface area contributed by atoms with Gasteiger partial charge in [-0.2, -0.15) is 0 Å². The summed E-state index contributed by atoms with van der Waals surface area (Å²) in [5.41, 5.74) is 5.27. The lowest BCUT2D eigenvalue weighted by molar-refractivity contribution is 0.814. The van der Waals surface area contributed by atoms with Crippen LogP contribution in [0.25, 0.3) is 12.2 Å². The summed E-state index contributed by atoms with van der Waals surface area (Å²) in [4.78, 5) is 9.43. The van der Waals surface area contributed by atoms with Gasteiger partial charge in [-0.1, -0.05) is 60.7 Å². The van der Waals surface area contributed by atoms with Crippen LogP contribution in [-0.4, -0.2) is 11.2 Å². The van der Waals surface area contributed by atoms with Crippen LogP contribution in [0, 0.1) is 0 Å². The Morgan fingerprint density at radius 2 is 1.82 bits per heavy atom. The van der Waals surface area contributed by atoms with Gasteiger partial charge in [0.25, 0.3) is 0 Å². The number of rotatable bonds is 1. The number of benzene rings is 1. The van der Waals surface area contributed by atoms with Gasteiger partial charge in [0.2, 0.25) is 0 Å². The van der Waals surface area contributed by atoms with E-state index in [9.17, 15) is 0 Å². The molecule has 0 bridgehead atoms. The van der Waals surface area contributed by atoms with E-state index in [1.165, 1.54) is 0 Å². The monoisotopic (exact) mass is 284 g/mol. The first-order valence-corrected chi connectivity index (χ1v) is 7.55. The summed E-state index contributed by atoms with van der Waals surface area (Å²) in [6.45, 7) is 0. The maximum absolute atomic E-state index is 4.83. The van der Waals surface area contributed by atoms with Crippen LogP contribution in [0.1, 0.15) is 34.9 Å². The molecule has 0 radical (unpaired) electrons. The van der Waals surface area contributed by atoms with E-state index in [0.717, 1.165) is 34.6 Å². The van der Waals surface area contributed by atoms with E-state index >= 15 is 0 Å². The third kappa shape index (κ3) is 2.44. The average molecular weight is 284 g/mol. The quantitative estimate of drug-likeness (QED) is 0.623. The van der Waals surface area contributed by atoms with Gasteiger partial charge in [-0.25, -0.2) is 0 Å². The molecule has 1 aromatic carbocycles. The maximum atomic E-state index is 4.83. The van der Waals surface area contributed by atoms with Gasteiger partial charge >= 0.3 is 0 Å². The molecule has 1 unspecified atom stereocenters. The molecule has 22 heavy (non-hydrogen) atoms. The van der Waals surface area contributed by atoms with Crippen molar-refractivity contribution in [3.8, 4) is 0 Å². The zero-order valence-electron chi connectivity index (χ0n) is 12.2. The van der Waals surface area contributed by atoms with Gasteiger partial charge in [-0.05, 0) is 18.6 Å². The number of nitrogens with zero attached hydrogens (tertiary/aromatic N) is 2. The minimum atomic E-state index is 0.366. The Morgan fingerprint density at radius 1 is 0.909 bits per heavy atom. The zero-order valence-corrected chi connectivity index (χ0v) is 12.2. The molecule has 2 nitrogen and oxygen atoms in total. The molecule has 0 saturated heterocycles. The number of para-hydroxylation sites is 1. The second-order valence-electron chi connectivity index (χ2n) is 5.52. The summed E-state index contributed by atoms with van der Waals surface area (Å²) in [6.07, 6.45) is 15.7. The predicted molar refractivity (Wildman–Crippen MR) is 92.5 cm³/mol. The second kappa shape index (κ2) is 5.57. The molecule has 0 fully saturated rings. The topological polar surface area (TPSA) is 25.2 Å². The fourth-order valence-corrected chi connectivity index (χ4v) is 2.81. The molecule has 1 aliphatic heterocycles. The summed E-state index contributed by atoms with van der Waals surface area (Å²) >= 11 is 0. The lowest BCUT2D eigenvalue weighted by Gasteiger charge is -2.14. The molecule has 1 aliphatic carbocycles. The van der Waals surface area contributed by atoms with Crippen LogP contribution in [0.2, 0.25) is 0 Å². The zero-order chi connectivity index (χ0) is 14.8. The van der Waals surface area contributed by atoms with Crippen molar-refractivity contribution in [3.63, 3.8) is 0 Å². The molecule has 1 atom stereocenters. The Hall–Kier alpha value is -2.74.